The Labute approximate surface area is 145 Å². The number of aliphatic hydroxyl groups is 1. The van der Waals surface area contributed by atoms with Gasteiger partial charge in [0, 0.05) is 0 Å². The number of amides is 1. The number of rotatable bonds is 6. The Kier molecular flexibility index (Phi) is 4.50. The number of likely N-dealkylation sites (N-methyl/N-ethyl adjacent to an activating group) is 1. The van der Waals surface area contributed by atoms with Crippen LogP contribution in [-0.2, 0) is 4.79 Å². The van der Waals surface area contributed by atoms with Crippen LogP contribution < -0.4 is 4.90 Å². The lowest BCUT2D eigenvalue weighted by Crippen LogP contribution is -3.06. The molecule has 2 N–H and O–H groups in total. The summed E-state index contributed by atoms with van der Waals surface area (Å²) < 4.78 is 10.8. The lowest BCUT2D eigenvalue weighted by molar-refractivity contribution is -0.857. The van der Waals surface area contributed by atoms with E-state index in [1.54, 1.807) is 25.1 Å². The van der Waals surface area contributed by atoms with Gasteiger partial charge < -0.3 is 23.7 Å². The van der Waals surface area contributed by atoms with Crippen molar-refractivity contribution in [2.75, 3.05) is 27.2 Å². The van der Waals surface area contributed by atoms with Crippen molar-refractivity contribution in [1.82, 2.24) is 4.90 Å². The van der Waals surface area contributed by atoms with Crippen LogP contribution in [0.3, 0.4) is 0 Å². The van der Waals surface area contributed by atoms with Crippen LogP contribution in [0.1, 0.15) is 28.1 Å². The van der Waals surface area contributed by atoms with Crippen LogP contribution in [0.2, 0.25) is 0 Å². The summed E-state index contributed by atoms with van der Waals surface area (Å²) in [4.78, 5) is 28.0. The van der Waals surface area contributed by atoms with Crippen LogP contribution in [0.25, 0.3) is 0 Å². The Morgan fingerprint density at radius 1 is 1.32 bits per heavy atom. The Bertz CT molecular complexity index is 816. The Morgan fingerprint density at radius 2 is 2.08 bits per heavy atom. The highest BCUT2D eigenvalue weighted by Gasteiger charge is 2.46. The molecule has 0 unspecified atom stereocenters. The highest BCUT2D eigenvalue weighted by Crippen LogP contribution is 2.39. The van der Waals surface area contributed by atoms with Gasteiger partial charge in [-0.2, -0.15) is 0 Å². The molecule has 1 aliphatic rings. The summed E-state index contributed by atoms with van der Waals surface area (Å²) in [5.41, 5.74) is -0.0111. The first-order valence-electron chi connectivity index (χ1n) is 8.07. The van der Waals surface area contributed by atoms with Gasteiger partial charge in [0.1, 0.15) is 17.6 Å². The summed E-state index contributed by atoms with van der Waals surface area (Å²) in [6.07, 6.45) is 1.38. The maximum atomic E-state index is 12.8. The number of furan rings is 2. The second-order valence-electron chi connectivity index (χ2n) is 6.38. The van der Waals surface area contributed by atoms with Gasteiger partial charge in [-0.15, -0.1) is 0 Å². The van der Waals surface area contributed by atoms with E-state index in [2.05, 4.69) is 0 Å². The van der Waals surface area contributed by atoms with Crippen LogP contribution in [0.5, 0.6) is 0 Å². The van der Waals surface area contributed by atoms with Crippen molar-refractivity contribution < 1.29 is 28.4 Å². The van der Waals surface area contributed by atoms with Crippen molar-refractivity contribution >= 4 is 11.7 Å². The van der Waals surface area contributed by atoms with Crippen molar-refractivity contribution in [2.24, 2.45) is 0 Å². The molecular weight excluding hydrogens is 324 g/mol. The van der Waals surface area contributed by atoms with Gasteiger partial charge in [-0.1, -0.05) is 0 Å². The molecule has 0 aliphatic carbocycles. The molecule has 1 amide bonds. The summed E-state index contributed by atoms with van der Waals surface area (Å²) in [7, 11) is 3.93. The summed E-state index contributed by atoms with van der Waals surface area (Å²) in [5, 5.41) is 10.4. The number of aliphatic hydroxyl groups excluding tert-OH is 1. The van der Waals surface area contributed by atoms with Crippen molar-refractivity contribution in [3.05, 3.63) is 59.1 Å². The van der Waals surface area contributed by atoms with Crippen LogP contribution in [-0.4, -0.2) is 48.9 Å². The Balaban J connectivity index is 2.03. The number of hydrogen-bond acceptors (Lipinski definition) is 5. The maximum absolute atomic E-state index is 12.8. The zero-order chi connectivity index (χ0) is 18.1. The molecule has 2 aromatic rings. The number of hydrogen-bond donors (Lipinski definition) is 2. The summed E-state index contributed by atoms with van der Waals surface area (Å²) >= 11 is 0. The first-order chi connectivity index (χ1) is 11.9. The number of carbonyl (C=O) groups excluding carboxylic acids is 2. The quantitative estimate of drug-likeness (QED) is 0.760. The average molecular weight is 345 g/mol. The molecule has 7 nitrogen and oxygen atoms in total. The summed E-state index contributed by atoms with van der Waals surface area (Å²) in [6.45, 7) is 2.83. The van der Waals surface area contributed by atoms with Crippen LogP contribution in [0, 0.1) is 6.92 Å². The van der Waals surface area contributed by atoms with Gasteiger partial charge >= 0.3 is 0 Å². The first kappa shape index (κ1) is 17.0. The van der Waals surface area contributed by atoms with Crippen molar-refractivity contribution in [2.45, 2.75) is 13.0 Å². The van der Waals surface area contributed by atoms with E-state index < -0.39 is 23.5 Å². The van der Waals surface area contributed by atoms with E-state index in [9.17, 15) is 14.7 Å². The highest BCUT2D eigenvalue weighted by atomic mass is 16.3. The van der Waals surface area contributed by atoms with E-state index in [1.807, 2.05) is 14.1 Å². The molecule has 0 fully saturated rings. The number of ketones is 1. The predicted molar refractivity (Wildman–Crippen MR) is 88.3 cm³/mol. The smallest absolute Gasteiger partial charge is 0.290 e. The molecule has 0 saturated heterocycles. The van der Waals surface area contributed by atoms with E-state index in [-0.39, 0.29) is 11.3 Å². The van der Waals surface area contributed by atoms with E-state index >= 15 is 0 Å². The SMILES string of the molecule is Cc1ccc([C@H]2C(C(=O)c3ccco3)=C(O)C(=O)N2CC[NH+](C)C)o1. The topological polar surface area (TPSA) is 88.3 Å². The third kappa shape index (κ3) is 3.10. The van der Waals surface area contributed by atoms with Gasteiger partial charge in [0.05, 0.1) is 39.0 Å². The number of quaternary nitrogens is 1. The molecule has 1 aliphatic heterocycles. The fraction of sp³-hybridized carbons (Fsp3) is 0.333. The second kappa shape index (κ2) is 6.60. The molecule has 0 saturated carbocycles. The second-order valence-corrected chi connectivity index (χ2v) is 6.38. The summed E-state index contributed by atoms with van der Waals surface area (Å²) in [5.74, 6) is -0.461. The van der Waals surface area contributed by atoms with E-state index in [0.29, 0.717) is 24.6 Å². The monoisotopic (exact) mass is 345 g/mol. The Morgan fingerprint density at radius 3 is 2.64 bits per heavy atom. The molecule has 25 heavy (non-hydrogen) atoms. The molecule has 0 spiro atoms. The van der Waals surface area contributed by atoms with E-state index in [0.717, 1.165) is 4.90 Å². The normalized spacial score (nSPS) is 17.8. The largest absolute Gasteiger partial charge is 0.503 e. The van der Waals surface area contributed by atoms with Crippen molar-refractivity contribution in [1.29, 1.82) is 0 Å². The van der Waals surface area contributed by atoms with Gasteiger partial charge in [0.2, 0.25) is 5.78 Å². The minimum Gasteiger partial charge on any atom is -0.503 e. The van der Waals surface area contributed by atoms with Gasteiger partial charge in [-0.25, -0.2) is 0 Å². The first-order valence-corrected chi connectivity index (χ1v) is 8.07. The third-order valence-electron chi connectivity index (χ3n) is 4.18. The lowest BCUT2D eigenvalue weighted by Gasteiger charge is -2.25. The minimum atomic E-state index is -0.766. The van der Waals surface area contributed by atoms with E-state index in [4.69, 9.17) is 8.83 Å². The standard InChI is InChI=1S/C18H20N2O5/c1-11-6-7-12(25-11)15-14(16(21)13-5-4-10-24-13)17(22)18(23)20(15)9-8-19(2)3/h4-7,10,15,22H,8-9H2,1-3H3/p+1/t15-/m0/s1. The predicted octanol–water partition coefficient (Wildman–Crippen LogP) is 0.904. The molecule has 0 radical (unpaired) electrons. The third-order valence-corrected chi connectivity index (χ3v) is 4.18. The molecular formula is C18H21N2O5+. The van der Waals surface area contributed by atoms with Crippen molar-refractivity contribution in [3.8, 4) is 0 Å². The van der Waals surface area contributed by atoms with Crippen molar-refractivity contribution in [3.63, 3.8) is 0 Å². The van der Waals surface area contributed by atoms with E-state index in [1.165, 1.54) is 17.2 Å². The van der Waals surface area contributed by atoms with Crippen LogP contribution >= 0.6 is 0 Å². The Hall–Kier alpha value is -2.80. The zero-order valence-corrected chi connectivity index (χ0v) is 14.4. The molecule has 1 atom stereocenters. The van der Waals surface area contributed by atoms with Gasteiger partial charge in [-0.3, -0.25) is 9.59 Å². The van der Waals surface area contributed by atoms with Gasteiger partial charge in [0.15, 0.2) is 11.5 Å². The summed E-state index contributed by atoms with van der Waals surface area (Å²) in [6, 6.07) is 5.81. The molecule has 0 aromatic carbocycles. The average Bonchev–Trinajstić information content (AvgIpc) is 3.27. The number of Topliss-reactive ketones (excluding diaryl/α,β-unsaturated/α-hetero) is 1. The van der Waals surface area contributed by atoms with Gasteiger partial charge in [0.25, 0.3) is 5.91 Å². The molecule has 132 valence electrons. The zero-order valence-electron chi connectivity index (χ0n) is 14.4. The minimum absolute atomic E-state index is 0.0111. The highest BCUT2D eigenvalue weighted by molar-refractivity contribution is 6.14. The maximum Gasteiger partial charge on any atom is 0.290 e. The lowest BCUT2D eigenvalue weighted by atomic mass is 10.00. The van der Waals surface area contributed by atoms with Crippen LogP contribution in [0.4, 0.5) is 0 Å². The molecule has 0 bridgehead atoms. The fourth-order valence-corrected chi connectivity index (χ4v) is 2.90. The number of carbonyl (C=O) groups is 2. The number of nitrogens with one attached hydrogen (secondary N) is 1. The molecule has 7 heteroatoms. The molecule has 3 rings (SSSR count). The number of aryl methyl sites for hydroxylation is 1. The molecule has 2 aromatic heterocycles. The molecule has 3 heterocycles. The van der Waals surface area contributed by atoms with Crippen LogP contribution in [0.15, 0.2) is 50.7 Å². The van der Waals surface area contributed by atoms with Gasteiger partial charge in [-0.05, 0) is 31.2 Å². The fourth-order valence-electron chi connectivity index (χ4n) is 2.90. The number of nitrogens with zero attached hydrogens (tertiary/aromatic N) is 1.